The molecule has 0 aliphatic heterocycles. The fourth-order valence-corrected chi connectivity index (χ4v) is 7.68. The quantitative estimate of drug-likeness (QED) is 0.178. The van der Waals surface area contributed by atoms with Crippen LogP contribution < -0.4 is 0 Å². The van der Waals surface area contributed by atoms with E-state index in [1.807, 2.05) is 36.4 Å². The summed E-state index contributed by atoms with van der Waals surface area (Å²) in [5.74, 6) is 0. The van der Waals surface area contributed by atoms with Crippen LogP contribution in [0.15, 0.2) is 186 Å². The van der Waals surface area contributed by atoms with Gasteiger partial charge in [-0.1, -0.05) is 158 Å². The molecule has 0 N–H and O–H groups in total. The van der Waals surface area contributed by atoms with Crippen LogP contribution in [0.4, 0.5) is 0 Å². The molecular weight excluding hydrogens is 593 g/mol. The van der Waals surface area contributed by atoms with Crippen molar-refractivity contribution in [1.82, 2.24) is 0 Å². The predicted octanol–water partition coefficient (Wildman–Crippen LogP) is 13.7. The van der Waals surface area contributed by atoms with Gasteiger partial charge in [-0.05, 0) is 101 Å². The molecule has 0 unspecified atom stereocenters. The zero-order valence-electron chi connectivity index (χ0n) is 28.6. The van der Waals surface area contributed by atoms with Crippen LogP contribution in [0, 0.1) is 0 Å². The SMILES string of the molecule is [2H]c1ccc2cc(-c3ccc(-c4c5ccccc5c(-c5cccc(-c6cccc7oc8c([2H])cccc8c67)c5)c5ccccc45)cc3)ccc2c1. The highest BCUT2D eigenvalue weighted by atomic mass is 16.3. The van der Waals surface area contributed by atoms with E-state index in [-0.39, 0.29) is 0 Å². The molecule has 10 aromatic rings. The minimum atomic E-state index is 0.397. The highest BCUT2D eigenvalue weighted by Crippen LogP contribution is 2.45. The molecule has 0 spiro atoms. The maximum atomic E-state index is 8.43. The van der Waals surface area contributed by atoms with Crippen LogP contribution in [0.3, 0.4) is 0 Å². The van der Waals surface area contributed by atoms with Gasteiger partial charge in [0.2, 0.25) is 0 Å². The first-order valence-electron chi connectivity index (χ1n) is 17.7. The number of para-hydroxylation sites is 1. The molecule has 0 aliphatic rings. The minimum Gasteiger partial charge on any atom is -0.456 e. The van der Waals surface area contributed by atoms with E-state index in [1.54, 1.807) is 6.07 Å². The van der Waals surface area contributed by atoms with Gasteiger partial charge in [-0.3, -0.25) is 0 Å². The summed E-state index contributed by atoms with van der Waals surface area (Å²) in [6, 6.07) is 60.4. The average Bonchev–Trinajstić information content (AvgIpc) is 3.57. The summed E-state index contributed by atoms with van der Waals surface area (Å²) in [6.07, 6.45) is 0. The van der Waals surface area contributed by atoms with Gasteiger partial charge < -0.3 is 4.42 Å². The molecular formula is C48H30O. The summed E-state index contributed by atoms with van der Waals surface area (Å²) in [4.78, 5) is 0. The Kier molecular flexibility index (Phi) is 5.79. The fourth-order valence-electron chi connectivity index (χ4n) is 7.68. The second-order valence-corrected chi connectivity index (χ2v) is 12.7. The van der Waals surface area contributed by atoms with Crippen LogP contribution in [0.5, 0.6) is 0 Å². The van der Waals surface area contributed by atoms with Gasteiger partial charge in [-0.2, -0.15) is 0 Å². The number of rotatable bonds is 4. The molecule has 49 heavy (non-hydrogen) atoms. The molecule has 0 fully saturated rings. The monoisotopic (exact) mass is 624 g/mol. The number of hydrogen-bond donors (Lipinski definition) is 0. The van der Waals surface area contributed by atoms with Crippen LogP contribution in [0.25, 0.3) is 98.8 Å². The van der Waals surface area contributed by atoms with E-state index in [0.717, 1.165) is 54.9 Å². The van der Waals surface area contributed by atoms with E-state index in [2.05, 4.69) is 127 Å². The van der Waals surface area contributed by atoms with Crippen LogP contribution in [-0.2, 0) is 0 Å². The highest BCUT2D eigenvalue weighted by molar-refractivity contribution is 6.22. The van der Waals surface area contributed by atoms with Crippen molar-refractivity contribution in [2.75, 3.05) is 0 Å². The summed E-state index contributed by atoms with van der Waals surface area (Å²) in [5.41, 5.74) is 10.7. The largest absolute Gasteiger partial charge is 0.456 e. The normalized spacial score (nSPS) is 12.2. The predicted molar refractivity (Wildman–Crippen MR) is 208 cm³/mol. The molecule has 0 saturated heterocycles. The van der Waals surface area contributed by atoms with Crippen molar-refractivity contribution >= 4 is 54.3 Å². The lowest BCUT2D eigenvalue weighted by molar-refractivity contribution is 0.669. The van der Waals surface area contributed by atoms with E-state index < -0.39 is 0 Å². The van der Waals surface area contributed by atoms with Gasteiger partial charge in [0.1, 0.15) is 11.2 Å². The molecule has 0 radical (unpaired) electrons. The lowest BCUT2D eigenvalue weighted by atomic mass is 9.85. The van der Waals surface area contributed by atoms with Crippen molar-refractivity contribution in [3.05, 3.63) is 182 Å². The summed E-state index contributed by atoms with van der Waals surface area (Å²) in [6.45, 7) is 0. The van der Waals surface area contributed by atoms with E-state index >= 15 is 0 Å². The molecule has 0 atom stereocenters. The molecule has 1 heteroatoms. The van der Waals surface area contributed by atoms with Crippen molar-refractivity contribution in [2.45, 2.75) is 0 Å². The maximum Gasteiger partial charge on any atom is 0.136 e. The smallest absolute Gasteiger partial charge is 0.136 e. The molecule has 0 saturated carbocycles. The first-order valence-corrected chi connectivity index (χ1v) is 16.7. The first-order chi connectivity index (χ1) is 25.1. The lowest BCUT2D eigenvalue weighted by Crippen LogP contribution is -1.91. The maximum absolute atomic E-state index is 8.43. The van der Waals surface area contributed by atoms with Gasteiger partial charge in [0.25, 0.3) is 0 Å². The minimum absolute atomic E-state index is 0.397. The Bertz CT molecular complexity index is 2930. The van der Waals surface area contributed by atoms with E-state index in [1.165, 1.54) is 38.2 Å². The molecule has 9 aromatic carbocycles. The van der Waals surface area contributed by atoms with E-state index in [9.17, 15) is 0 Å². The molecule has 1 heterocycles. The zero-order valence-corrected chi connectivity index (χ0v) is 26.6. The molecule has 10 rings (SSSR count). The van der Waals surface area contributed by atoms with Crippen LogP contribution in [0.1, 0.15) is 2.74 Å². The second-order valence-electron chi connectivity index (χ2n) is 12.7. The third-order valence-corrected chi connectivity index (χ3v) is 9.91. The summed E-state index contributed by atoms with van der Waals surface area (Å²) in [7, 11) is 0. The topological polar surface area (TPSA) is 13.1 Å². The van der Waals surface area contributed by atoms with Crippen LogP contribution in [0.2, 0.25) is 0 Å². The van der Waals surface area contributed by atoms with E-state index in [4.69, 9.17) is 7.16 Å². The Labute approximate surface area is 287 Å². The lowest BCUT2D eigenvalue weighted by Gasteiger charge is -2.18. The number of benzene rings is 9. The molecule has 0 bridgehead atoms. The van der Waals surface area contributed by atoms with E-state index in [0.29, 0.717) is 17.7 Å². The van der Waals surface area contributed by atoms with Gasteiger partial charge >= 0.3 is 0 Å². The van der Waals surface area contributed by atoms with Crippen LogP contribution >= 0.6 is 0 Å². The molecule has 1 aromatic heterocycles. The Morgan fingerprint density at radius 3 is 1.78 bits per heavy atom. The fraction of sp³-hybridized carbons (Fsp3) is 0. The van der Waals surface area contributed by atoms with Crippen molar-refractivity contribution in [3.8, 4) is 44.5 Å². The van der Waals surface area contributed by atoms with Crippen LogP contribution in [-0.4, -0.2) is 0 Å². The van der Waals surface area contributed by atoms with Gasteiger partial charge in [0.05, 0.1) is 2.74 Å². The number of furan rings is 1. The Balaban J connectivity index is 1.14. The molecule has 0 amide bonds. The van der Waals surface area contributed by atoms with Gasteiger partial charge in [0.15, 0.2) is 0 Å². The number of fused-ring (bicyclic) bond motifs is 6. The van der Waals surface area contributed by atoms with Crippen molar-refractivity contribution in [1.29, 1.82) is 0 Å². The van der Waals surface area contributed by atoms with Crippen molar-refractivity contribution < 1.29 is 7.16 Å². The molecule has 0 aliphatic carbocycles. The third kappa shape index (κ3) is 4.47. The molecule has 1 nitrogen and oxygen atoms in total. The van der Waals surface area contributed by atoms with Crippen molar-refractivity contribution in [2.24, 2.45) is 0 Å². The Morgan fingerprint density at radius 2 is 1.00 bits per heavy atom. The average molecular weight is 625 g/mol. The zero-order chi connectivity index (χ0) is 34.1. The third-order valence-electron chi connectivity index (χ3n) is 9.91. The van der Waals surface area contributed by atoms with Gasteiger partial charge in [0, 0.05) is 10.8 Å². The Morgan fingerprint density at radius 1 is 0.367 bits per heavy atom. The summed E-state index contributed by atoms with van der Waals surface area (Å²) < 4.78 is 22.6. The van der Waals surface area contributed by atoms with Gasteiger partial charge in [-0.25, -0.2) is 0 Å². The number of hydrogen-bond acceptors (Lipinski definition) is 1. The first kappa shape index (κ1) is 25.6. The van der Waals surface area contributed by atoms with Gasteiger partial charge in [-0.15, -0.1) is 0 Å². The Hall–Kier alpha value is -6.44. The standard InChI is InChI=1S/C48H30O/c1-2-12-34-29-35(28-25-31(34)11-1)32-23-26-33(27-24-32)46-39-15-3-5-17-41(39)47(42-18-6-4-16-40(42)46)37-14-9-13-36(30-37)38-20-10-22-45-48(38)43-19-7-8-21-44(43)49-45/h1-30H/i1D,21D. The van der Waals surface area contributed by atoms with Crippen molar-refractivity contribution in [3.63, 3.8) is 0 Å². The second kappa shape index (κ2) is 11.1. The molecule has 228 valence electrons. The summed E-state index contributed by atoms with van der Waals surface area (Å²) >= 11 is 0. The highest BCUT2D eigenvalue weighted by Gasteiger charge is 2.18. The summed E-state index contributed by atoms with van der Waals surface area (Å²) in [5, 5.41) is 9.08.